The number of nitrogens with one attached hydrogen (secondary N) is 1. The number of carbonyl (C=O) groups is 1. The van der Waals surface area contributed by atoms with Gasteiger partial charge >= 0.3 is 0 Å². The summed E-state index contributed by atoms with van der Waals surface area (Å²) in [6.45, 7) is 2.31. The van der Waals surface area contributed by atoms with Crippen LogP contribution in [0, 0.1) is 6.92 Å². The summed E-state index contributed by atoms with van der Waals surface area (Å²) in [5.74, 6) is 0.935. The summed E-state index contributed by atoms with van der Waals surface area (Å²) in [7, 11) is 4.52. The van der Waals surface area contributed by atoms with E-state index in [4.69, 9.17) is 14.2 Å². The number of ether oxygens (including phenoxy) is 3. The van der Waals surface area contributed by atoms with E-state index in [9.17, 15) is 4.79 Å². The van der Waals surface area contributed by atoms with E-state index in [1.807, 2.05) is 35.9 Å². The summed E-state index contributed by atoms with van der Waals surface area (Å²) in [4.78, 5) is 17.2. The molecule has 0 radical (unpaired) electrons. The molecule has 1 aromatic carbocycles. The third-order valence-electron chi connectivity index (χ3n) is 4.09. The van der Waals surface area contributed by atoms with Crippen LogP contribution >= 0.6 is 15.9 Å². The van der Waals surface area contributed by atoms with Crippen molar-refractivity contribution in [3.8, 4) is 17.2 Å². The molecule has 27 heavy (non-hydrogen) atoms. The molecule has 1 N–H and O–H groups in total. The van der Waals surface area contributed by atoms with Crippen molar-refractivity contribution in [2.45, 2.75) is 13.5 Å². The third-order valence-corrected chi connectivity index (χ3v) is 4.88. The van der Waals surface area contributed by atoms with Crippen LogP contribution in [0.1, 0.15) is 21.6 Å². The number of carbonyl (C=O) groups excluding carboxylic acids is 1. The van der Waals surface area contributed by atoms with Crippen molar-refractivity contribution in [1.82, 2.24) is 14.7 Å². The fourth-order valence-corrected chi connectivity index (χ4v) is 3.43. The van der Waals surface area contributed by atoms with Gasteiger partial charge in [-0.15, -0.1) is 0 Å². The van der Waals surface area contributed by atoms with Crippen molar-refractivity contribution in [1.29, 1.82) is 0 Å². The maximum atomic E-state index is 12.7. The van der Waals surface area contributed by atoms with Gasteiger partial charge in [0.2, 0.25) is 5.75 Å². The van der Waals surface area contributed by atoms with E-state index < -0.39 is 0 Å². The molecular weight excluding hydrogens is 414 g/mol. The zero-order valence-corrected chi connectivity index (χ0v) is 17.1. The molecule has 3 rings (SSSR count). The summed E-state index contributed by atoms with van der Waals surface area (Å²) < 4.78 is 18.4. The molecular formula is C19H20BrN3O4. The maximum absolute atomic E-state index is 12.7. The van der Waals surface area contributed by atoms with Crippen LogP contribution in [-0.4, -0.2) is 36.6 Å². The number of benzene rings is 1. The molecule has 2 heterocycles. The number of halogens is 1. The third kappa shape index (κ3) is 3.71. The Hall–Kier alpha value is -2.74. The molecule has 0 bridgehead atoms. The topological polar surface area (TPSA) is 74.1 Å². The highest BCUT2D eigenvalue weighted by atomic mass is 79.9. The lowest BCUT2D eigenvalue weighted by atomic mass is 10.1. The lowest BCUT2D eigenvalue weighted by Gasteiger charge is -2.16. The number of methoxy groups -OCH3 is 3. The Kier molecular flexibility index (Phi) is 5.55. The second-order valence-electron chi connectivity index (χ2n) is 5.89. The van der Waals surface area contributed by atoms with Gasteiger partial charge in [0.25, 0.3) is 5.91 Å². The number of imidazole rings is 1. The summed E-state index contributed by atoms with van der Waals surface area (Å²) in [5.41, 5.74) is 3.11. The van der Waals surface area contributed by atoms with Gasteiger partial charge in [-0.1, -0.05) is 6.07 Å². The molecule has 0 aliphatic carbocycles. The molecule has 8 heteroatoms. The fourth-order valence-electron chi connectivity index (χ4n) is 2.79. The fraction of sp³-hybridized carbons (Fsp3) is 0.263. The van der Waals surface area contributed by atoms with E-state index in [0.717, 1.165) is 16.9 Å². The van der Waals surface area contributed by atoms with Crippen molar-refractivity contribution in [2.75, 3.05) is 21.3 Å². The second-order valence-corrected chi connectivity index (χ2v) is 6.69. The van der Waals surface area contributed by atoms with Crippen LogP contribution < -0.4 is 19.5 Å². The summed E-state index contributed by atoms with van der Waals surface area (Å²) in [6.07, 6.45) is 3.89. The number of nitrogens with zero attached hydrogens (tertiary/aromatic N) is 2. The molecule has 2 aromatic heterocycles. The SMILES string of the molecule is COc1cc(C(=O)NCc2cn3cc(C)ccc3n2)c(Br)c(OC)c1OC. The molecule has 0 aliphatic heterocycles. The molecule has 0 saturated heterocycles. The molecule has 3 aromatic rings. The van der Waals surface area contributed by atoms with Crippen LogP contribution in [0.3, 0.4) is 0 Å². The normalized spacial score (nSPS) is 10.7. The number of hydrogen-bond donors (Lipinski definition) is 1. The number of aryl methyl sites for hydroxylation is 1. The zero-order valence-electron chi connectivity index (χ0n) is 15.5. The quantitative estimate of drug-likeness (QED) is 0.644. The van der Waals surface area contributed by atoms with Gasteiger partial charge in [0.15, 0.2) is 11.5 Å². The molecule has 142 valence electrons. The molecule has 0 saturated carbocycles. The van der Waals surface area contributed by atoms with Crippen molar-refractivity contribution in [2.24, 2.45) is 0 Å². The minimum atomic E-state index is -0.283. The highest BCUT2D eigenvalue weighted by molar-refractivity contribution is 9.10. The molecule has 0 aliphatic rings. The Morgan fingerprint density at radius 1 is 1.15 bits per heavy atom. The first-order chi connectivity index (χ1) is 13.0. The largest absolute Gasteiger partial charge is 0.493 e. The number of rotatable bonds is 6. The standard InChI is InChI=1S/C19H20BrN3O4/c1-11-5-6-15-22-12(10-23(15)9-11)8-21-19(24)13-7-14(25-2)17(26-3)18(27-4)16(13)20/h5-7,9-10H,8H2,1-4H3,(H,21,24). The Morgan fingerprint density at radius 2 is 1.89 bits per heavy atom. The smallest absolute Gasteiger partial charge is 0.253 e. The van der Waals surface area contributed by atoms with Crippen LogP contribution in [0.2, 0.25) is 0 Å². The Balaban J connectivity index is 1.84. The zero-order chi connectivity index (χ0) is 19.6. The van der Waals surface area contributed by atoms with Crippen molar-refractivity contribution < 1.29 is 19.0 Å². The first-order valence-corrected chi connectivity index (χ1v) is 8.98. The number of hydrogen-bond acceptors (Lipinski definition) is 5. The van der Waals surface area contributed by atoms with Crippen LogP contribution in [0.15, 0.2) is 35.1 Å². The lowest BCUT2D eigenvalue weighted by Crippen LogP contribution is -2.23. The van der Waals surface area contributed by atoms with Gasteiger partial charge in [0.1, 0.15) is 5.65 Å². The Morgan fingerprint density at radius 3 is 2.56 bits per heavy atom. The first kappa shape index (κ1) is 19.0. The number of aromatic nitrogens is 2. The van der Waals surface area contributed by atoms with E-state index in [1.54, 1.807) is 6.07 Å². The predicted molar refractivity (Wildman–Crippen MR) is 105 cm³/mol. The van der Waals surface area contributed by atoms with E-state index in [2.05, 4.69) is 26.2 Å². The maximum Gasteiger partial charge on any atom is 0.253 e. The van der Waals surface area contributed by atoms with Gasteiger partial charge in [-0.05, 0) is 40.5 Å². The minimum absolute atomic E-state index is 0.283. The average molecular weight is 434 g/mol. The van der Waals surface area contributed by atoms with E-state index in [0.29, 0.717) is 33.8 Å². The van der Waals surface area contributed by atoms with Crippen LogP contribution in [0.5, 0.6) is 17.2 Å². The van der Waals surface area contributed by atoms with Gasteiger partial charge < -0.3 is 23.9 Å². The molecule has 0 spiro atoms. The number of pyridine rings is 1. The minimum Gasteiger partial charge on any atom is -0.493 e. The van der Waals surface area contributed by atoms with Gasteiger partial charge in [-0.25, -0.2) is 4.98 Å². The lowest BCUT2D eigenvalue weighted by molar-refractivity contribution is 0.0948. The van der Waals surface area contributed by atoms with Crippen LogP contribution in [0.4, 0.5) is 0 Å². The molecule has 7 nitrogen and oxygen atoms in total. The number of amides is 1. The second kappa shape index (κ2) is 7.87. The summed E-state index contributed by atoms with van der Waals surface area (Å²) in [5, 5.41) is 2.88. The van der Waals surface area contributed by atoms with Crippen molar-refractivity contribution in [3.05, 3.63) is 51.9 Å². The molecule has 0 atom stereocenters. The van der Waals surface area contributed by atoms with Crippen LogP contribution in [0.25, 0.3) is 5.65 Å². The Labute approximate surface area is 165 Å². The van der Waals surface area contributed by atoms with Crippen molar-refractivity contribution in [3.63, 3.8) is 0 Å². The first-order valence-electron chi connectivity index (χ1n) is 8.19. The summed E-state index contributed by atoms with van der Waals surface area (Å²) >= 11 is 3.42. The highest BCUT2D eigenvalue weighted by Crippen LogP contribution is 2.44. The van der Waals surface area contributed by atoms with Crippen LogP contribution in [-0.2, 0) is 6.54 Å². The number of fused-ring (bicyclic) bond motifs is 1. The van der Waals surface area contributed by atoms with E-state index in [1.165, 1.54) is 21.3 Å². The van der Waals surface area contributed by atoms with Gasteiger partial charge in [0.05, 0.1) is 43.6 Å². The van der Waals surface area contributed by atoms with Gasteiger partial charge in [-0.2, -0.15) is 0 Å². The van der Waals surface area contributed by atoms with Crippen molar-refractivity contribution >= 4 is 27.5 Å². The van der Waals surface area contributed by atoms with Gasteiger partial charge in [0, 0.05) is 12.4 Å². The highest BCUT2D eigenvalue weighted by Gasteiger charge is 2.22. The predicted octanol–water partition coefficient (Wildman–Crippen LogP) is 3.36. The van der Waals surface area contributed by atoms with E-state index in [-0.39, 0.29) is 5.91 Å². The Bertz CT molecular complexity index is 1000. The molecule has 0 fully saturated rings. The molecule has 1 amide bonds. The van der Waals surface area contributed by atoms with Gasteiger partial charge in [-0.3, -0.25) is 4.79 Å². The molecule has 0 unspecified atom stereocenters. The monoisotopic (exact) mass is 433 g/mol. The average Bonchev–Trinajstić information content (AvgIpc) is 3.07. The summed E-state index contributed by atoms with van der Waals surface area (Å²) in [6, 6.07) is 5.54. The van der Waals surface area contributed by atoms with E-state index >= 15 is 0 Å².